The number of halogens is 5. The molecule has 238 valence electrons. The van der Waals surface area contributed by atoms with Crippen LogP contribution >= 0.6 is 11.6 Å². The van der Waals surface area contributed by atoms with Crippen LogP contribution in [-0.4, -0.2) is 43.3 Å². The van der Waals surface area contributed by atoms with Gasteiger partial charge in [0.15, 0.2) is 0 Å². The van der Waals surface area contributed by atoms with Crippen LogP contribution in [0.3, 0.4) is 0 Å². The van der Waals surface area contributed by atoms with E-state index in [0.717, 1.165) is 22.6 Å². The van der Waals surface area contributed by atoms with Gasteiger partial charge in [-0.2, -0.15) is 13.2 Å². The Balaban J connectivity index is 2.16. The molecule has 1 atom stereocenters. The minimum Gasteiger partial charge on any atom is -0.350 e. The fourth-order valence-electron chi connectivity index (χ4n) is 4.41. The summed E-state index contributed by atoms with van der Waals surface area (Å²) in [4.78, 5) is 28.3. The molecule has 0 radical (unpaired) electrons. The third kappa shape index (κ3) is 8.72. The minimum atomic E-state index is -4.91. The van der Waals surface area contributed by atoms with Crippen LogP contribution in [0.15, 0.2) is 71.6 Å². The molecule has 0 fully saturated rings. The maximum absolute atomic E-state index is 14.1. The minimum absolute atomic E-state index is 0.124. The first-order valence-electron chi connectivity index (χ1n) is 13.7. The summed E-state index contributed by atoms with van der Waals surface area (Å²) in [6, 6.07) is 12.2. The standard InChI is InChI=1S/C31H34ClF4N3O4S/c1-6-27(29(41)37-30(3,4)5)38(18-21-9-11-22(33)12-10-21)28(40)19-39(44(42,43)24-14-7-20(2)8-15-24)23-13-16-26(32)25(17-23)31(34,35)36/h7-17,27H,6,18-19H2,1-5H3,(H,37,41)/t27-/m0/s1. The van der Waals surface area contributed by atoms with Crippen molar-refractivity contribution in [1.29, 1.82) is 0 Å². The van der Waals surface area contributed by atoms with Crippen molar-refractivity contribution >= 4 is 39.1 Å². The zero-order chi connectivity index (χ0) is 33.0. The first-order chi connectivity index (χ1) is 20.3. The number of benzene rings is 3. The van der Waals surface area contributed by atoms with Crippen LogP contribution in [0, 0.1) is 12.7 Å². The Morgan fingerprint density at radius 3 is 2.07 bits per heavy atom. The van der Waals surface area contributed by atoms with E-state index in [1.54, 1.807) is 34.6 Å². The predicted molar refractivity (Wildman–Crippen MR) is 161 cm³/mol. The van der Waals surface area contributed by atoms with Gasteiger partial charge in [-0.3, -0.25) is 13.9 Å². The van der Waals surface area contributed by atoms with Gasteiger partial charge < -0.3 is 10.2 Å². The molecule has 0 bridgehead atoms. The smallest absolute Gasteiger partial charge is 0.350 e. The molecule has 0 heterocycles. The summed E-state index contributed by atoms with van der Waals surface area (Å²) in [5, 5.41) is 2.16. The molecule has 0 spiro atoms. The number of carbonyl (C=O) groups excluding carboxylic acids is 2. The largest absolute Gasteiger partial charge is 0.417 e. The lowest BCUT2D eigenvalue weighted by atomic mass is 10.1. The SMILES string of the molecule is CC[C@@H](C(=O)NC(C)(C)C)N(Cc1ccc(F)cc1)C(=O)CN(c1ccc(Cl)c(C(F)(F)F)c1)S(=O)(=O)c1ccc(C)cc1. The second-order valence-electron chi connectivity index (χ2n) is 11.3. The zero-order valence-electron chi connectivity index (χ0n) is 24.9. The summed E-state index contributed by atoms with van der Waals surface area (Å²) in [5.74, 6) is -1.92. The Morgan fingerprint density at radius 2 is 1.55 bits per heavy atom. The van der Waals surface area contributed by atoms with E-state index in [1.807, 2.05) is 0 Å². The molecule has 3 aromatic carbocycles. The molecule has 0 aromatic heterocycles. The third-order valence-electron chi connectivity index (χ3n) is 6.58. The number of carbonyl (C=O) groups is 2. The fraction of sp³-hybridized carbons (Fsp3) is 0.355. The highest BCUT2D eigenvalue weighted by atomic mass is 35.5. The van der Waals surface area contributed by atoms with E-state index < -0.39 is 68.2 Å². The lowest BCUT2D eigenvalue weighted by molar-refractivity contribution is -0.141. The second kappa shape index (κ2) is 13.6. The van der Waals surface area contributed by atoms with Crippen molar-refractivity contribution in [2.24, 2.45) is 0 Å². The molecule has 13 heteroatoms. The normalized spacial score (nSPS) is 12.9. The monoisotopic (exact) mass is 655 g/mol. The fourth-order valence-corrected chi connectivity index (χ4v) is 6.04. The molecule has 1 N–H and O–H groups in total. The summed E-state index contributed by atoms with van der Waals surface area (Å²) < 4.78 is 83.4. The van der Waals surface area contributed by atoms with Crippen molar-refractivity contribution in [3.63, 3.8) is 0 Å². The van der Waals surface area contributed by atoms with Gasteiger partial charge >= 0.3 is 6.18 Å². The molecule has 3 rings (SSSR count). The molecule has 7 nitrogen and oxygen atoms in total. The third-order valence-corrected chi connectivity index (χ3v) is 8.70. The molecule has 0 unspecified atom stereocenters. The summed E-state index contributed by atoms with van der Waals surface area (Å²) in [7, 11) is -4.61. The van der Waals surface area contributed by atoms with Gasteiger partial charge in [-0.05, 0) is 82.1 Å². The van der Waals surface area contributed by atoms with E-state index >= 15 is 0 Å². The van der Waals surface area contributed by atoms with Crippen LogP contribution in [-0.2, 0) is 32.3 Å². The Hall–Kier alpha value is -3.64. The molecular formula is C31H34ClF4N3O4S. The summed E-state index contributed by atoms with van der Waals surface area (Å²) in [5.41, 5.74) is -1.23. The van der Waals surface area contributed by atoms with Crippen molar-refractivity contribution < 1.29 is 35.6 Å². The van der Waals surface area contributed by atoms with Crippen LogP contribution in [0.5, 0.6) is 0 Å². The number of alkyl halides is 3. The van der Waals surface area contributed by atoms with Crippen LogP contribution in [0.4, 0.5) is 23.2 Å². The number of nitrogens with zero attached hydrogens (tertiary/aromatic N) is 2. The van der Waals surface area contributed by atoms with Gasteiger partial charge in [0.25, 0.3) is 10.0 Å². The number of hydrogen-bond donors (Lipinski definition) is 1. The van der Waals surface area contributed by atoms with Crippen LogP contribution in [0.2, 0.25) is 5.02 Å². The Kier molecular flexibility index (Phi) is 10.7. The van der Waals surface area contributed by atoms with Gasteiger partial charge in [-0.15, -0.1) is 0 Å². The quantitative estimate of drug-likeness (QED) is 0.246. The van der Waals surface area contributed by atoms with Gasteiger partial charge in [0.05, 0.1) is 21.2 Å². The lowest BCUT2D eigenvalue weighted by Crippen LogP contribution is -2.55. The topological polar surface area (TPSA) is 86.8 Å². The van der Waals surface area contributed by atoms with Gasteiger partial charge in [-0.25, -0.2) is 12.8 Å². The Morgan fingerprint density at radius 1 is 0.955 bits per heavy atom. The highest BCUT2D eigenvalue weighted by Crippen LogP contribution is 2.38. The number of aryl methyl sites for hydroxylation is 1. The molecule has 0 aliphatic heterocycles. The van der Waals surface area contributed by atoms with E-state index in [0.29, 0.717) is 15.9 Å². The Bertz CT molecular complexity index is 1590. The van der Waals surface area contributed by atoms with E-state index in [-0.39, 0.29) is 17.9 Å². The van der Waals surface area contributed by atoms with Gasteiger partial charge in [0.1, 0.15) is 18.4 Å². The number of hydrogen-bond acceptors (Lipinski definition) is 4. The van der Waals surface area contributed by atoms with Crippen molar-refractivity contribution in [3.05, 3.63) is 94.3 Å². The highest BCUT2D eigenvalue weighted by Gasteiger charge is 2.37. The predicted octanol–water partition coefficient (Wildman–Crippen LogP) is 6.72. The van der Waals surface area contributed by atoms with Gasteiger partial charge in [0.2, 0.25) is 11.8 Å². The molecule has 0 aliphatic rings. The maximum Gasteiger partial charge on any atom is 0.417 e. The molecule has 2 amide bonds. The maximum atomic E-state index is 14.1. The van der Waals surface area contributed by atoms with Crippen LogP contribution in [0.25, 0.3) is 0 Å². The van der Waals surface area contributed by atoms with E-state index in [2.05, 4.69) is 5.32 Å². The van der Waals surface area contributed by atoms with Crippen molar-refractivity contribution in [1.82, 2.24) is 10.2 Å². The summed E-state index contributed by atoms with van der Waals surface area (Å²) in [6.07, 6.45) is -4.79. The lowest BCUT2D eigenvalue weighted by Gasteiger charge is -2.35. The number of anilines is 1. The van der Waals surface area contributed by atoms with Crippen LogP contribution < -0.4 is 9.62 Å². The van der Waals surface area contributed by atoms with E-state index in [9.17, 15) is 35.6 Å². The van der Waals surface area contributed by atoms with Crippen molar-refractivity contribution in [2.75, 3.05) is 10.8 Å². The average molecular weight is 656 g/mol. The number of sulfonamides is 1. The van der Waals surface area contributed by atoms with E-state index in [1.165, 1.54) is 48.5 Å². The summed E-state index contributed by atoms with van der Waals surface area (Å²) in [6.45, 7) is 7.48. The van der Waals surface area contributed by atoms with Gasteiger partial charge in [0, 0.05) is 12.1 Å². The molecule has 3 aromatic rings. The second-order valence-corrected chi connectivity index (χ2v) is 13.6. The number of amides is 2. The average Bonchev–Trinajstić information content (AvgIpc) is 2.91. The molecule has 0 saturated heterocycles. The molecular weight excluding hydrogens is 622 g/mol. The first-order valence-corrected chi connectivity index (χ1v) is 15.5. The van der Waals surface area contributed by atoms with Crippen molar-refractivity contribution in [2.45, 2.75) is 70.2 Å². The zero-order valence-corrected chi connectivity index (χ0v) is 26.4. The van der Waals surface area contributed by atoms with Crippen LogP contribution in [0.1, 0.15) is 50.8 Å². The number of nitrogens with one attached hydrogen (secondary N) is 1. The Labute approximate surface area is 259 Å². The first kappa shape index (κ1) is 34.8. The summed E-state index contributed by atoms with van der Waals surface area (Å²) >= 11 is 5.81. The molecule has 44 heavy (non-hydrogen) atoms. The highest BCUT2D eigenvalue weighted by molar-refractivity contribution is 7.92. The molecule has 0 saturated carbocycles. The molecule has 0 aliphatic carbocycles. The number of rotatable bonds is 10. The van der Waals surface area contributed by atoms with Crippen molar-refractivity contribution in [3.8, 4) is 0 Å². The van der Waals surface area contributed by atoms with Gasteiger partial charge in [-0.1, -0.05) is 48.4 Å². The van der Waals surface area contributed by atoms with E-state index in [4.69, 9.17) is 11.6 Å².